The van der Waals surface area contributed by atoms with Gasteiger partial charge in [-0.15, -0.1) is 11.3 Å². The van der Waals surface area contributed by atoms with Crippen LogP contribution in [-0.2, 0) is 0 Å². The predicted octanol–water partition coefficient (Wildman–Crippen LogP) is 3.64. The van der Waals surface area contributed by atoms with Crippen molar-refractivity contribution >= 4 is 38.2 Å². The fourth-order valence-electron chi connectivity index (χ4n) is 3.05. The summed E-state index contributed by atoms with van der Waals surface area (Å²) in [5.41, 5.74) is 2.50. The maximum Gasteiger partial charge on any atom is 0.272 e. The summed E-state index contributed by atoms with van der Waals surface area (Å²) in [5.74, 6) is -2.49. The molecule has 0 fully saturated rings. The van der Waals surface area contributed by atoms with Crippen LogP contribution in [0.15, 0.2) is 40.6 Å². The van der Waals surface area contributed by atoms with Gasteiger partial charge in [0.15, 0.2) is 11.6 Å². The Morgan fingerprint density at radius 2 is 1.89 bits per heavy atom. The maximum atomic E-state index is 13.8. The van der Waals surface area contributed by atoms with Crippen LogP contribution in [0.1, 0.15) is 29.0 Å². The lowest BCUT2D eigenvalue weighted by Crippen LogP contribution is -2.31. The smallest absolute Gasteiger partial charge is 0.272 e. The summed E-state index contributed by atoms with van der Waals surface area (Å²) in [7, 11) is 1.58. The van der Waals surface area contributed by atoms with Crippen molar-refractivity contribution in [3.63, 3.8) is 0 Å². The number of carbonyl (C=O) groups is 1. The number of aromatic amines is 1. The van der Waals surface area contributed by atoms with Gasteiger partial charge >= 0.3 is 0 Å². The molecule has 2 heterocycles. The van der Waals surface area contributed by atoms with Crippen LogP contribution in [0.4, 0.5) is 8.78 Å². The van der Waals surface area contributed by atoms with Crippen LogP contribution in [-0.4, -0.2) is 33.0 Å². The van der Waals surface area contributed by atoms with Crippen LogP contribution < -0.4 is 5.56 Å². The molecule has 0 spiro atoms. The number of fused-ring (bicyclic) bond motifs is 2. The maximum absolute atomic E-state index is 13.8. The number of benzene rings is 2. The van der Waals surface area contributed by atoms with Crippen molar-refractivity contribution in [3.8, 4) is 0 Å². The van der Waals surface area contributed by atoms with Crippen LogP contribution in [0.3, 0.4) is 0 Å². The van der Waals surface area contributed by atoms with Gasteiger partial charge in [0.2, 0.25) is 0 Å². The van der Waals surface area contributed by atoms with Gasteiger partial charge in [-0.3, -0.25) is 9.59 Å². The molecule has 0 radical (unpaired) electrons. The molecule has 2 aromatic heterocycles. The third-order valence-electron chi connectivity index (χ3n) is 4.73. The Morgan fingerprint density at radius 3 is 2.64 bits per heavy atom. The number of halogens is 2. The second kappa shape index (κ2) is 6.75. The zero-order valence-electron chi connectivity index (χ0n) is 14.9. The number of hydrogen-bond donors (Lipinski definition) is 1. The molecule has 0 aliphatic rings. The van der Waals surface area contributed by atoms with Gasteiger partial charge in [0.1, 0.15) is 0 Å². The molecule has 0 saturated carbocycles. The van der Waals surface area contributed by atoms with Crippen LogP contribution in [0.5, 0.6) is 0 Å². The van der Waals surface area contributed by atoms with E-state index in [2.05, 4.69) is 15.2 Å². The molecule has 4 rings (SSSR count). The highest BCUT2D eigenvalue weighted by molar-refractivity contribution is 7.16. The van der Waals surface area contributed by atoms with E-state index >= 15 is 0 Å². The second-order valence-corrected chi connectivity index (χ2v) is 7.26. The van der Waals surface area contributed by atoms with Crippen LogP contribution in [0, 0.1) is 11.6 Å². The van der Waals surface area contributed by atoms with E-state index in [1.807, 2.05) is 6.07 Å². The average molecular weight is 400 g/mol. The summed E-state index contributed by atoms with van der Waals surface area (Å²) in [6.45, 7) is 1.70. The normalized spacial score (nSPS) is 12.4. The Bertz CT molecular complexity index is 1280. The van der Waals surface area contributed by atoms with Gasteiger partial charge in [-0.05, 0) is 37.3 Å². The number of thiazole rings is 1. The lowest BCUT2D eigenvalue weighted by Gasteiger charge is -2.25. The van der Waals surface area contributed by atoms with E-state index in [9.17, 15) is 18.4 Å². The number of H-pyrrole nitrogens is 1. The Morgan fingerprint density at radius 1 is 1.18 bits per heavy atom. The highest BCUT2D eigenvalue weighted by Crippen LogP contribution is 2.27. The Balaban J connectivity index is 1.75. The van der Waals surface area contributed by atoms with E-state index in [0.29, 0.717) is 5.56 Å². The topological polar surface area (TPSA) is 79.0 Å². The summed E-state index contributed by atoms with van der Waals surface area (Å²) in [5, 5.41) is 6.40. The second-order valence-electron chi connectivity index (χ2n) is 6.38. The van der Waals surface area contributed by atoms with E-state index in [4.69, 9.17) is 0 Å². The molecule has 28 heavy (non-hydrogen) atoms. The Labute approximate surface area is 161 Å². The minimum Gasteiger partial charge on any atom is -0.333 e. The van der Waals surface area contributed by atoms with Gasteiger partial charge in [0.25, 0.3) is 11.5 Å². The number of carbonyl (C=O) groups excluding carboxylic acids is 1. The van der Waals surface area contributed by atoms with Crippen molar-refractivity contribution in [2.75, 3.05) is 7.05 Å². The highest BCUT2D eigenvalue weighted by atomic mass is 32.1. The Hall–Kier alpha value is -3.20. The summed E-state index contributed by atoms with van der Waals surface area (Å²) < 4.78 is 28.3. The molecule has 0 aliphatic carbocycles. The largest absolute Gasteiger partial charge is 0.333 e. The molecule has 1 amide bonds. The van der Waals surface area contributed by atoms with Gasteiger partial charge in [0.05, 0.1) is 32.8 Å². The molecule has 2 aromatic carbocycles. The molecule has 142 valence electrons. The quantitative estimate of drug-likeness (QED) is 0.569. The van der Waals surface area contributed by atoms with Crippen LogP contribution >= 0.6 is 11.3 Å². The molecule has 4 aromatic rings. The standard InChI is InChI=1S/C19H14F2N4O2S/c1-9(17-11-6-13(20)14(21)7-12(11)18(26)24-23-17)25(2)19(27)10-3-4-16-15(5-10)22-8-28-16/h3-9H,1-2H3,(H,24,26)/t9-/m1/s1. The molecular weight excluding hydrogens is 386 g/mol. The van der Waals surface area contributed by atoms with Crippen molar-refractivity contribution in [1.82, 2.24) is 20.1 Å². The zero-order valence-corrected chi connectivity index (χ0v) is 15.7. The molecule has 0 aliphatic heterocycles. The molecule has 9 heteroatoms. The first-order valence-corrected chi connectivity index (χ1v) is 9.22. The lowest BCUT2D eigenvalue weighted by atomic mass is 10.0. The van der Waals surface area contributed by atoms with E-state index in [1.54, 1.807) is 31.6 Å². The first kappa shape index (κ1) is 18.2. The monoisotopic (exact) mass is 400 g/mol. The van der Waals surface area contributed by atoms with Crippen LogP contribution in [0.2, 0.25) is 0 Å². The minimum absolute atomic E-state index is 0.0273. The van der Waals surface area contributed by atoms with E-state index < -0.39 is 23.2 Å². The number of amides is 1. The van der Waals surface area contributed by atoms with Gasteiger partial charge in [-0.2, -0.15) is 5.10 Å². The van der Waals surface area contributed by atoms with E-state index in [0.717, 1.165) is 22.3 Å². The molecule has 0 saturated heterocycles. The van der Waals surface area contributed by atoms with Crippen molar-refractivity contribution in [1.29, 1.82) is 0 Å². The molecule has 1 atom stereocenters. The van der Waals surface area contributed by atoms with Gasteiger partial charge in [-0.1, -0.05) is 0 Å². The SMILES string of the molecule is C[C@H](c1n[nH]c(=O)c2cc(F)c(F)cc12)N(C)C(=O)c1ccc2scnc2c1. The number of hydrogen-bond acceptors (Lipinski definition) is 5. The average Bonchev–Trinajstić information content (AvgIpc) is 3.16. The first-order chi connectivity index (χ1) is 13.4. The van der Waals surface area contributed by atoms with Crippen molar-refractivity contribution in [3.05, 3.63) is 69.1 Å². The molecule has 1 N–H and O–H groups in total. The summed E-state index contributed by atoms with van der Waals surface area (Å²) in [6.07, 6.45) is 0. The number of nitrogens with one attached hydrogen (secondary N) is 1. The van der Waals surface area contributed by atoms with Crippen molar-refractivity contribution < 1.29 is 13.6 Å². The number of nitrogens with zero attached hydrogens (tertiary/aromatic N) is 3. The number of aromatic nitrogens is 3. The molecule has 6 nitrogen and oxygen atoms in total. The first-order valence-electron chi connectivity index (χ1n) is 8.34. The minimum atomic E-state index is -1.12. The third-order valence-corrected chi connectivity index (χ3v) is 5.54. The van der Waals surface area contributed by atoms with Gasteiger partial charge in [-0.25, -0.2) is 18.9 Å². The predicted molar refractivity (Wildman–Crippen MR) is 102 cm³/mol. The van der Waals surface area contributed by atoms with Gasteiger partial charge < -0.3 is 4.90 Å². The summed E-state index contributed by atoms with van der Waals surface area (Å²) in [6, 6.07) is 6.38. The molecule has 0 unspecified atom stereocenters. The molecule has 0 bridgehead atoms. The number of rotatable bonds is 3. The Kier molecular flexibility index (Phi) is 4.38. The van der Waals surface area contributed by atoms with E-state index in [-0.39, 0.29) is 22.4 Å². The van der Waals surface area contributed by atoms with Crippen LogP contribution in [0.25, 0.3) is 21.0 Å². The summed E-state index contributed by atoms with van der Waals surface area (Å²) >= 11 is 1.48. The molecular formula is C19H14F2N4O2S. The van der Waals surface area contributed by atoms with Crippen molar-refractivity contribution in [2.45, 2.75) is 13.0 Å². The fourth-order valence-corrected chi connectivity index (χ4v) is 3.71. The van der Waals surface area contributed by atoms with Gasteiger partial charge in [0, 0.05) is 18.0 Å². The third kappa shape index (κ3) is 2.93. The van der Waals surface area contributed by atoms with E-state index in [1.165, 1.54) is 16.2 Å². The fraction of sp³-hybridized carbons (Fsp3) is 0.158. The summed E-state index contributed by atoms with van der Waals surface area (Å²) in [4.78, 5) is 30.5. The highest BCUT2D eigenvalue weighted by Gasteiger charge is 2.24. The lowest BCUT2D eigenvalue weighted by molar-refractivity contribution is 0.0740. The zero-order chi connectivity index (χ0) is 20.0. The van der Waals surface area contributed by atoms with Crippen molar-refractivity contribution in [2.24, 2.45) is 0 Å².